The highest BCUT2D eigenvalue weighted by Crippen LogP contribution is 2.17. The average Bonchev–Trinajstić information content (AvgIpc) is 2.60. The molecule has 1 fully saturated rings. The largest absolute Gasteiger partial charge is 0.345 e. The van der Waals surface area contributed by atoms with Gasteiger partial charge in [-0.15, -0.1) is 0 Å². The van der Waals surface area contributed by atoms with Gasteiger partial charge in [0.05, 0.1) is 0 Å². The van der Waals surface area contributed by atoms with Gasteiger partial charge in [-0.2, -0.15) is 0 Å². The van der Waals surface area contributed by atoms with Crippen LogP contribution in [-0.4, -0.2) is 35.7 Å². The van der Waals surface area contributed by atoms with Crippen LogP contribution in [0.25, 0.3) is 0 Å². The molecule has 1 atom stereocenters. The zero-order valence-electron chi connectivity index (χ0n) is 15.1. The van der Waals surface area contributed by atoms with Gasteiger partial charge < -0.3 is 10.6 Å². The lowest BCUT2D eigenvalue weighted by atomic mass is 9.95. The Bertz CT molecular complexity index is 357. The highest BCUT2D eigenvalue weighted by Gasteiger charge is 2.14. The summed E-state index contributed by atoms with van der Waals surface area (Å²) in [6.07, 6.45) is 14.1. The fraction of sp³-hybridized carbons (Fsp3) is 0.889. The molecular formula is C18H35N3O3. The van der Waals surface area contributed by atoms with Crippen molar-refractivity contribution < 1.29 is 14.8 Å². The van der Waals surface area contributed by atoms with Gasteiger partial charge in [0, 0.05) is 12.5 Å². The monoisotopic (exact) mass is 341 g/mol. The molecule has 0 aliphatic heterocycles. The third kappa shape index (κ3) is 9.88. The fourth-order valence-electron chi connectivity index (χ4n) is 3.21. The summed E-state index contributed by atoms with van der Waals surface area (Å²) in [5.41, 5.74) is 1.53. The van der Waals surface area contributed by atoms with E-state index in [9.17, 15) is 9.59 Å². The molecule has 140 valence electrons. The molecule has 6 nitrogen and oxygen atoms in total. The molecule has 0 heterocycles. The number of hydrogen-bond donors (Lipinski definition) is 4. The fourth-order valence-corrected chi connectivity index (χ4v) is 3.21. The first-order chi connectivity index (χ1) is 11.6. The van der Waals surface area contributed by atoms with Crippen molar-refractivity contribution in [3.8, 4) is 0 Å². The highest BCUT2D eigenvalue weighted by molar-refractivity contribution is 5.86. The minimum Gasteiger partial charge on any atom is -0.345 e. The Balaban J connectivity index is 1.86. The Morgan fingerprint density at radius 1 is 1.00 bits per heavy atom. The summed E-state index contributed by atoms with van der Waals surface area (Å²) in [5.74, 6) is -0.729. The molecule has 1 saturated carbocycles. The van der Waals surface area contributed by atoms with E-state index in [2.05, 4.69) is 10.6 Å². The molecule has 4 N–H and O–H groups in total. The lowest BCUT2D eigenvalue weighted by Gasteiger charge is -2.22. The molecule has 2 amide bonds. The first-order valence-electron chi connectivity index (χ1n) is 9.60. The quantitative estimate of drug-likeness (QED) is 0.249. The van der Waals surface area contributed by atoms with Gasteiger partial charge in [-0.05, 0) is 39.2 Å². The normalized spacial score (nSPS) is 16.6. The van der Waals surface area contributed by atoms with Crippen LogP contribution in [0.15, 0.2) is 0 Å². The molecular weight excluding hydrogens is 306 g/mol. The van der Waals surface area contributed by atoms with E-state index in [0.717, 1.165) is 31.8 Å². The summed E-state index contributed by atoms with van der Waals surface area (Å²) in [7, 11) is 0. The Morgan fingerprint density at radius 3 is 2.29 bits per heavy atom. The van der Waals surface area contributed by atoms with Crippen molar-refractivity contribution in [2.45, 2.75) is 96.1 Å². The SMILES string of the molecule is CC(NC(=O)CCCCCCCCNC1CCCCC1)C(=O)NO. The Labute approximate surface area is 146 Å². The van der Waals surface area contributed by atoms with Gasteiger partial charge in [0.15, 0.2) is 0 Å². The Hall–Kier alpha value is -1.14. The maximum absolute atomic E-state index is 11.6. The first kappa shape index (κ1) is 20.9. The smallest absolute Gasteiger partial charge is 0.265 e. The molecule has 0 aromatic carbocycles. The summed E-state index contributed by atoms with van der Waals surface area (Å²) in [4.78, 5) is 22.7. The van der Waals surface area contributed by atoms with Crippen LogP contribution >= 0.6 is 0 Å². The Morgan fingerprint density at radius 2 is 1.62 bits per heavy atom. The van der Waals surface area contributed by atoms with Crippen LogP contribution in [0.5, 0.6) is 0 Å². The molecule has 1 unspecified atom stereocenters. The van der Waals surface area contributed by atoms with E-state index in [1.807, 2.05) is 0 Å². The van der Waals surface area contributed by atoms with E-state index in [1.54, 1.807) is 6.92 Å². The minimum absolute atomic E-state index is 0.136. The zero-order chi connectivity index (χ0) is 17.6. The van der Waals surface area contributed by atoms with Crippen molar-refractivity contribution in [2.75, 3.05) is 6.54 Å². The van der Waals surface area contributed by atoms with Crippen LogP contribution in [0.3, 0.4) is 0 Å². The van der Waals surface area contributed by atoms with Gasteiger partial charge in [-0.1, -0.05) is 44.9 Å². The molecule has 0 spiro atoms. The molecule has 0 bridgehead atoms. The van der Waals surface area contributed by atoms with E-state index in [0.29, 0.717) is 6.42 Å². The molecule has 0 saturated heterocycles. The van der Waals surface area contributed by atoms with Crippen LogP contribution in [-0.2, 0) is 9.59 Å². The number of nitrogens with one attached hydrogen (secondary N) is 3. The molecule has 0 aromatic rings. The first-order valence-corrected chi connectivity index (χ1v) is 9.60. The van der Waals surface area contributed by atoms with E-state index in [4.69, 9.17) is 5.21 Å². The summed E-state index contributed by atoms with van der Waals surface area (Å²) in [6, 6.07) is 0.0618. The van der Waals surface area contributed by atoms with Crippen LogP contribution in [0, 0.1) is 0 Å². The predicted octanol–water partition coefficient (Wildman–Crippen LogP) is 2.65. The van der Waals surface area contributed by atoms with Crippen molar-refractivity contribution in [1.82, 2.24) is 16.1 Å². The Kier molecular flexibility index (Phi) is 11.5. The van der Waals surface area contributed by atoms with E-state index in [1.165, 1.54) is 56.8 Å². The van der Waals surface area contributed by atoms with Crippen molar-refractivity contribution in [3.05, 3.63) is 0 Å². The number of amides is 2. The third-order valence-electron chi connectivity index (χ3n) is 4.75. The van der Waals surface area contributed by atoms with Crippen LogP contribution < -0.4 is 16.1 Å². The van der Waals surface area contributed by atoms with Crippen molar-refractivity contribution in [3.63, 3.8) is 0 Å². The second-order valence-electron chi connectivity index (χ2n) is 6.93. The van der Waals surface area contributed by atoms with Crippen LogP contribution in [0.1, 0.15) is 84.0 Å². The second-order valence-corrected chi connectivity index (χ2v) is 6.93. The number of hydrogen-bond acceptors (Lipinski definition) is 4. The van der Waals surface area contributed by atoms with Gasteiger partial charge in [-0.3, -0.25) is 14.8 Å². The number of carbonyl (C=O) groups excluding carboxylic acids is 2. The summed E-state index contributed by atoms with van der Waals surface area (Å²) in [6.45, 7) is 2.68. The van der Waals surface area contributed by atoms with Crippen LogP contribution in [0.4, 0.5) is 0 Å². The van der Waals surface area contributed by atoms with Crippen molar-refractivity contribution in [2.24, 2.45) is 0 Å². The van der Waals surface area contributed by atoms with Gasteiger partial charge in [0.25, 0.3) is 5.91 Å². The van der Waals surface area contributed by atoms with Crippen molar-refractivity contribution >= 4 is 11.8 Å². The van der Waals surface area contributed by atoms with Gasteiger partial charge in [0.2, 0.25) is 5.91 Å². The molecule has 6 heteroatoms. The zero-order valence-corrected chi connectivity index (χ0v) is 15.1. The molecule has 1 rings (SSSR count). The molecule has 1 aliphatic rings. The number of rotatable bonds is 12. The summed E-state index contributed by atoms with van der Waals surface area (Å²) < 4.78 is 0. The molecule has 0 radical (unpaired) electrons. The van der Waals surface area contributed by atoms with E-state index in [-0.39, 0.29) is 5.91 Å². The number of hydroxylamine groups is 1. The number of unbranched alkanes of at least 4 members (excludes halogenated alkanes) is 5. The summed E-state index contributed by atoms with van der Waals surface area (Å²) in [5, 5.41) is 14.7. The maximum atomic E-state index is 11.6. The average molecular weight is 341 g/mol. The van der Waals surface area contributed by atoms with E-state index < -0.39 is 11.9 Å². The lowest BCUT2D eigenvalue weighted by molar-refractivity contribution is -0.134. The molecule has 1 aliphatic carbocycles. The van der Waals surface area contributed by atoms with Crippen molar-refractivity contribution in [1.29, 1.82) is 0 Å². The standard InChI is InChI=1S/C18H35N3O3/c1-15(18(23)21-24)20-17(22)13-9-4-2-3-5-10-14-19-16-11-7-6-8-12-16/h15-16,19,24H,2-14H2,1H3,(H,20,22)(H,21,23). The maximum Gasteiger partial charge on any atom is 0.265 e. The topological polar surface area (TPSA) is 90.5 Å². The molecule has 24 heavy (non-hydrogen) atoms. The number of carbonyl (C=O) groups is 2. The highest BCUT2D eigenvalue weighted by atomic mass is 16.5. The third-order valence-corrected chi connectivity index (χ3v) is 4.75. The predicted molar refractivity (Wildman–Crippen MR) is 94.7 cm³/mol. The lowest BCUT2D eigenvalue weighted by Crippen LogP contribution is -2.43. The molecule has 0 aromatic heterocycles. The second kappa shape index (κ2) is 13.2. The minimum atomic E-state index is -0.695. The van der Waals surface area contributed by atoms with Gasteiger partial charge in [0.1, 0.15) is 6.04 Å². The van der Waals surface area contributed by atoms with Gasteiger partial charge in [-0.25, -0.2) is 5.48 Å². The van der Waals surface area contributed by atoms with Gasteiger partial charge >= 0.3 is 0 Å². The van der Waals surface area contributed by atoms with E-state index >= 15 is 0 Å². The van der Waals surface area contributed by atoms with Crippen LogP contribution in [0.2, 0.25) is 0 Å². The summed E-state index contributed by atoms with van der Waals surface area (Å²) >= 11 is 0.